The molecule has 2 heteroatoms. The van der Waals surface area contributed by atoms with Gasteiger partial charge in [0.05, 0.1) is 6.00 Å². The number of rotatable bonds is 4. The molecule has 0 fully saturated rings. The van der Waals surface area contributed by atoms with Crippen LogP contribution in [0.25, 0.3) is 0 Å². The van der Waals surface area contributed by atoms with Crippen LogP contribution in [0.15, 0.2) is 24.3 Å². The van der Waals surface area contributed by atoms with E-state index in [-0.39, 0.29) is 0 Å². The molecule has 0 heterocycles. The van der Waals surface area contributed by atoms with Crippen LogP contribution in [0.3, 0.4) is 0 Å². The van der Waals surface area contributed by atoms with Gasteiger partial charge >= 0.3 is 0 Å². The van der Waals surface area contributed by atoms with E-state index in [1.807, 2.05) is 0 Å². The van der Waals surface area contributed by atoms with Crippen LogP contribution in [-0.2, 0) is 13.0 Å². The topological polar surface area (TPSA) is 12.0 Å². The summed E-state index contributed by atoms with van der Waals surface area (Å²) in [5.74, 6) is 0. The van der Waals surface area contributed by atoms with Crippen molar-refractivity contribution >= 4 is 11.6 Å². The van der Waals surface area contributed by atoms with E-state index in [1.54, 1.807) is 0 Å². The van der Waals surface area contributed by atoms with Crippen molar-refractivity contribution in [2.75, 3.05) is 6.00 Å². The predicted molar refractivity (Wildman–Crippen MR) is 53.4 cm³/mol. The molecule has 0 amide bonds. The lowest BCUT2D eigenvalue weighted by atomic mass is 10.1. The molecule has 0 aliphatic rings. The summed E-state index contributed by atoms with van der Waals surface area (Å²) in [4.78, 5) is 0. The molecular weight excluding hydrogens is 170 g/mol. The zero-order chi connectivity index (χ0) is 8.81. The lowest BCUT2D eigenvalue weighted by molar-refractivity contribution is 0.791. The Morgan fingerprint density at radius 2 is 1.75 bits per heavy atom. The van der Waals surface area contributed by atoms with E-state index < -0.39 is 0 Å². The quantitative estimate of drug-likeness (QED) is 0.559. The van der Waals surface area contributed by atoms with Crippen molar-refractivity contribution in [3.63, 3.8) is 0 Å². The molecule has 0 unspecified atom stereocenters. The van der Waals surface area contributed by atoms with Crippen molar-refractivity contribution in [2.24, 2.45) is 0 Å². The minimum absolute atomic E-state index is 0.509. The summed E-state index contributed by atoms with van der Waals surface area (Å²) in [5, 5.41) is 3.07. The molecule has 1 rings (SSSR count). The molecule has 1 aromatic rings. The molecule has 0 spiro atoms. The lowest BCUT2D eigenvalue weighted by Crippen LogP contribution is -2.09. The highest BCUT2D eigenvalue weighted by molar-refractivity contribution is 6.17. The highest BCUT2D eigenvalue weighted by Crippen LogP contribution is 2.04. The zero-order valence-corrected chi connectivity index (χ0v) is 8.06. The molecule has 0 radical (unpaired) electrons. The first-order valence-electron chi connectivity index (χ1n) is 4.21. The second-order valence-electron chi connectivity index (χ2n) is 2.73. The third kappa shape index (κ3) is 2.84. The Kier molecular flexibility index (Phi) is 4.12. The maximum atomic E-state index is 5.50. The van der Waals surface area contributed by atoms with Crippen LogP contribution in [0, 0.1) is 0 Å². The fraction of sp³-hybridized carbons (Fsp3) is 0.400. The maximum absolute atomic E-state index is 5.50. The SMILES string of the molecule is CCc1ccc(CNCCl)cc1. The third-order valence-corrected chi connectivity index (χ3v) is 2.04. The van der Waals surface area contributed by atoms with Crippen LogP contribution in [0.5, 0.6) is 0 Å². The molecule has 0 saturated heterocycles. The van der Waals surface area contributed by atoms with E-state index in [9.17, 15) is 0 Å². The van der Waals surface area contributed by atoms with Crippen molar-refractivity contribution in [3.8, 4) is 0 Å². The molecule has 0 aliphatic carbocycles. The van der Waals surface area contributed by atoms with Crippen LogP contribution >= 0.6 is 11.6 Å². The Morgan fingerprint density at radius 1 is 1.17 bits per heavy atom. The first-order chi connectivity index (χ1) is 5.86. The Balaban J connectivity index is 2.53. The van der Waals surface area contributed by atoms with Gasteiger partial charge in [-0.15, -0.1) is 11.6 Å². The average molecular weight is 184 g/mol. The summed E-state index contributed by atoms with van der Waals surface area (Å²) >= 11 is 5.50. The minimum atomic E-state index is 0.509. The van der Waals surface area contributed by atoms with Gasteiger partial charge in [-0.2, -0.15) is 0 Å². The minimum Gasteiger partial charge on any atom is -0.300 e. The average Bonchev–Trinajstić information content (AvgIpc) is 2.15. The fourth-order valence-corrected chi connectivity index (χ4v) is 1.18. The van der Waals surface area contributed by atoms with Crippen LogP contribution in [0.2, 0.25) is 0 Å². The number of alkyl halides is 1. The second kappa shape index (κ2) is 5.18. The summed E-state index contributed by atoms with van der Waals surface area (Å²) < 4.78 is 0. The van der Waals surface area contributed by atoms with Crippen molar-refractivity contribution in [1.29, 1.82) is 0 Å². The Labute approximate surface area is 78.7 Å². The molecule has 66 valence electrons. The standard InChI is InChI=1S/C10H14ClN/c1-2-9-3-5-10(6-4-9)7-12-8-11/h3-6,12H,2,7-8H2,1H3. The first kappa shape index (κ1) is 9.56. The van der Waals surface area contributed by atoms with Crippen molar-refractivity contribution in [1.82, 2.24) is 5.32 Å². The van der Waals surface area contributed by atoms with Gasteiger partial charge in [0.25, 0.3) is 0 Å². The smallest absolute Gasteiger partial charge is 0.0716 e. The largest absolute Gasteiger partial charge is 0.300 e. The highest BCUT2D eigenvalue weighted by Gasteiger charge is 1.91. The molecule has 0 aliphatic heterocycles. The molecule has 1 nitrogen and oxygen atoms in total. The molecule has 0 atom stereocenters. The third-order valence-electron chi connectivity index (χ3n) is 1.85. The number of aryl methyl sites for hydroxylation is 1. The summed E-state index contributed by atoms with van der Waals surface area (Å²) in [7, 11) is 0. The number of benzene rings is 1. The zero-order valence-electron chi connectivity index (χ0n) is 7.31. The van der Waals surface area contributed by atoms with Crippen LogP contribution in [0.4, 0.5) is 0 Å². The monoisotopic (exact) mass is 183 g/mol. The van der Waals surface area contributed by atoms with Crippen LogP contribution in [0.1, 0.15) is 18.1 Å². The summed E-state index contributed by atoms with van der Waals surface area (Å²) in [6, 6.07) is 9.10. The van der Waals surface area contributed by atoms with Gasteiger partial charge < -0.3 is 0 Å². The summed E-state index contributed by atoms with van der Waals surface area (Å²) in [6.45, 7) is 3.01. The van der Waals surface area contributed by atoms with Gasteiger partial charge in [0, 0.05) is 6.54 Å². The molecule has 0 aromatic heterocycles. The summed E-state index contributed by atoms with van der Waals surface area (Å²) in [5.41, 5.74) is 2.66. The van der Waals surface area contributed by atoms with Gasteiger partial charge in [-0.05, 0) is 17.5 Å². The number of nitrogens with one attached hydrogen (secondary N) is 1. The number of hydrogen-bond acceptors (Lipinski definition) is 1. The van der Waals surface area contributed by atoms with E-state index in [0.717, 1.165) is 13.0 Å². The Bertz CT molecular complexity index is 218. The molecule has 1 N–H and O–H groups in total. The predicted octanol–water partition coefficient (Wildman–Crippen LogP) is 2.53. The number of halogens is 1. The number of hydrogen-bond donors (Lipinski definition) is 1. The van der Waals surface area contributed by atoms with Gasteiger partial charge in [0.2, 0.25) is 0 Å². The molecule has 1 aromatic carbocycles. The van der Waals surface area contributed by atoms with E-state index in [2.05, 4.69) is 36.5 Å². The lowest BCUT2D eigenvalue weighted by Gasteiger charge is -2.01. The maximum Gasteiger partial charge on any atom is 0.0716 e. The van der Waals surface area contributed by atoms with Crippen molar-refractivity contribution in [2.45, 2.75) is 19.9 Å². The van der Waals surface area contributed by atoms with E-state index in [1.165, 1.54) is 11.1 Å². The van der Waals surface area contributed by atoms with Crippen LogP contribution in [-0.4, -0.2) is 6.00 Å². The molecular formula is C10H14ClN. The van der Waals surface area contributed by atoms with Gasteiger partial charge in [0.1, 0.15) is 0 Å². The van der Waals surface area contributed by atoms with Gasteiger partial charge in [-0.3, -0.25) is 5.32 Å². The Hall–Kier alpha value is -0.530. The first-order valence-corrected chi connectivity index (χ1v) is 4.74. The molecule has 12 heavy (non-hydrogen) atoms. The second-order valence-corrected chi connectivity index (χ2v) is 3.00. The molecule has 0 bridgehead atoms. The highest BCUT2D eigenvalue weighted by atomic mass is 35.5. The van der Waals surface area contributed by atoms with Gasteiger partial charge in [-0.25, -0.2) is 0 Å². The fourth-order valence-electron chi connectivity index (χ4n) is 1.08. The van der Waals surface area contributed by atoms with Crippen molar-refractivity contribution in [3.05, 3.63) is 35.4 Å². The Morgan fingerprint density at radius 3 is 2.25 bits per heavy atom. The van der Waals surface area contributed by atoms with Gasteiger partial charge in [0.15, 0.2) is 0 Å². The van der Waals surface area contributed by atoms with E-state index >= 15 is 0 Å². The van der Waals surface area contributed by atoms with E-state index in [4.69, 9.17) is 11.6 Å². The van der Waals surface area contributed by atoms with Crippen LogP contribution < -0.4 is 5.32 Å². The molecule has 0 saturated carbocycles. The van der Waals surface area contributed by atoms with E-state index in [0.29, 0.717) is 6.00 Å². The van der Waals surface area contributed by atoms with Gasteiger partial charge in [-0.1, -0.05) is 31.2 Å². The normalized spacial score (nSPS) is 10.2. The van der Waals surface area contributed by atoms with Crippen molar-refractivity contribution < 1.29 is 0 Å². The summed E-state index contributed by atoms with van der Waals surface area (Å²) in [6.07, 6.45) is 1.10.